The highest BCUT2D eigenvalue weighted by atomic mass is 127. The molecule has 0 aromatic heterocycles. The van der Waals surface area contributed by atoms with E-state index in [-0.39, 0.29) is 32.1 Å². The number of hydrogen-bond acceptors (Lipinski definition) is 6. The summed E-state index contributed by atoms with van der Waals surface area (Å²) in [5, 5.41) is 19.5. The van der Waals surface area contributed by atoms with E-state index in [1.807, 2.05) is 13.8 Å². The van der Waals surface area contributed by atoms with Crippen LogP contribution in [0.1, 0.15) is 33.1 Å². The lowest BCUT2D eigenvalue weighted by molar-refractivity contribution is -0.316. The summed E-state index contributed by atoms with van der Waals surface area (Å²) >= 11 is 4.59. The van der Waals surface area contributed by atoms with Crippen molar-refractivity contribution in [3.05, 3.63) is 0 Å². The highest BCUT2D eigenvalue weighted by Gasteiger charge is 2.50. The molecule has 0 saturated carbocycles. The van der Waals surface area contributed by atoms with Crippen LogP contribution >= 0.6 is 45.2 Å². The normalized spacial score (nSPS) is 43.9. The van der Waals surface area contributed by atoms with Gasteiger partial charge in [-0.25, -0.2) is 0 Å². The summed E-state index contributed by atoms with van der Waals surface area (Å²) in [4.78, 5) is 0. The summed E-state index contributed by atoms with van der Waals surface area (Å²) in [6.45, 7) is 6.53. The molecule has 3 unspecified atom stereocenters. The van der Waals surface area contributed by atoms with Crippen molar-refractivity contribution >= 4 is 45.2 Å². The molecule has 148 valence electrons. The van der Waals surface area contributed by atoms with E-state index in [4.69, 9.17) is 18.9 Å². The largest absolute Gasteiger partial charge is 0.396 e. The molecule has 0 aromatic carbocycles. The van der Waals surface area contributed by atoms with E-state index in [0.717, 1.165) is 12.8 Å². The molecule has 2 saturated heterocycles. The summed E-state index contributed by atoms with van der Waals surface area (Å²) in [7, 11) is 0. The summed E-state index contributed by atoms with van der Waals surface area (Å²) in [6, 6.07) is 0. The van der Waals surface area contributed by atoms with Gasteiger partial charge in [0.2, 0.25) is 0 Å². The molecule has 1 spiro atoms. The monoisotopic (exact) mass is 584 g/mol. The molecule has 8 heteroatoms. The molecule has 2 aliphatic rings. The van der Waals surface area contributed by atoms with Gasteiger partial charge in [0.05, 0.1) is 50.2 Å². The zero-order valence-electron chi connectivity index (χ0n) is 15.0. The Labute approximate surface area is 177 Å². The van der Waals surface area contributed by atoms with E-state index in [9.17, 15) is 10.2 Å². The first kappa shape index (κ1) is 22.5. The van der Waals surface area contributed by atoms with Gasteiger partial charge in [0.25, 0.3) is 0 Å². The van der Waals surface area contributed by atoms with Crippen molar-refractivity contribution < 1.29 is 29.2 Å². The van der Waals surface area contributed by atoms with Gasteiger partial charge in [-0.2, -0.15) is 0 Å². The Morgan fingerprint density at radius 1 is 0.920 bits per heavy atom. The second kappa shape index (κ2) is 9.62. The van der Waals surface area contributed by atoms with Gasteiger partial charge in [-0.15, -0.1) is 0 Å². The predicted molar refractivity (Wildman–Crippen MR) is 111 cm³/mol. The van der Waals surface area contributed by atoms with Crippen molar-refractivity contribution in [2.45, 2.75) is 46.9 Å². The van der Waals surface area contributed by atoms with Crippen LogP contribution in [0.15, 0.2) is 0 Å². The number of ether oxygens (including phenoxy) is 4. The number of rotatable bonds is 4. The van der Waals surface area contributed by atoms with Crippen LogP contribution in [0.4, 0.5) is 0 Å². The molecule has 2 heterocycles. The zero-order chi connectivity index (χ0) is 18.6. The average molecular weight is 584 g/mol. The molecule has 0 aromatic rings. The van der Waals surface area contributed by atoms with E-state index >= 15 is 0 Å². The number of alkyl halides is 2. The molecule has 0 amide bonds. The van der Waals surface area contributed by atoms with Crippen molar-refractivity contribution in [3.8, 4) is 0 Å². The van der Waals surface area contributed by atoms with Crippen LogP contribution in [0.25, 0.3) is 0 Å². The van der Waals surface area contributed by atoms with Crippen LogP contribution in [-0.4, -0.2) is 70.3 Å². The van der Waals surface area contributed by atoms with E-state index in [2.05, 4.69) is 45.2 Å². The van der Waals surface area contributed by atoms with Crippen LogP contribution in [0.2, 0.25) is 0 Å². The number of aliphatic hydroxyl groups excluding tert-OH is 2. The highest BCUT2D eigenvalue weighted by molar-refractivity contribution is 14.1. The topological polar surface area (TPSA) is 77.4 Å². The number of hydrogen-bond donors (Lipinski definition) is 2. The average Bonchev–Trinajstić information content (AvgIpc) is 2.65. The molecule has 2 N–H and O–H groups in total. The van der Waals surface area contributed by atoms with Crippen LogP contribution in [0.5, 0.6) is 0 Å². The molecule has 0 radical (unpaired) electrons. The van der Waals surface area contributed by atoms with Crippen molar-refractivity contribution in [3.63, 3.8) is 0 Å². The molecule has 0 aliphatic carbocycles. The van der Waals surface area contributed by atoms with Crippen LogP contribution < -0.4 is 0 Å². The summed E-state index contributed by atoms with van der Waals surface area (Å²) in [6.07, 6.45) is 2.19. The highest BCUT2D eigenvalue weighted by Crippen LogP contribution is 2.41. The van der Waals surface area contributed by atoms with Crippen molar-refractivity contribution in [1.82, 2.24) is 0 Å². The lowest BCUT2D eigenvalue weighted by Crippen LogP contribution is -2.57. The predicted octanol–water partition coefficient (Wildman–Crippen LogP) is 2.51. The smallest absolute Gasteiger partial charge is 0.185 e. The van der Waals surface area contributed by atoms with Crippen LogP contribution in [0.3, 0.4) is 0 Å². The maximum absolute atomic E-state index is 9.79. The summed E-state index contributed by atoms with van der Waals surface area (Å²) in [5.41, 5.74) is -0.680. The van der Waals surface area contributed by atoms with Gasteiger partial charge in [-0.05, 0) is 12.8 Å². The fourth-order valence-corrected chi connectivity index (χ4v) is 4.63. The molecule has 2 aliphatic heterocycles. The molecule has 2 rings (SSSR count). The number of aliphatic hydroxyl groups is 2. The molecule has 6 nitrogen and oxygen atoms in total. The summed E-state index contributed by atoms with van der Waals surface area (Å²) < 4.78 is 24.3. The molecular weight excluding hydrogens is 554 g/mol. The molecule has 0 bridgehead atoms. The van der Waals surface area contributed by atoms with Gasteiger partial charge in [0.15, 0.2) is 5.79 Å². The summed E-state index contributed by atoms with van der Waals surface area (Å²) in [5.74, 6) is -0.772. The fraction of sp³-hybridized carbons (Fsp3) is 1.00. The Hall–Kier alpha value is 1.22. The molecular formula is C17H30I2O6. The van der Waals surface area contributed by atoms with E-state index < -0.39 is 5.79 Å². The van der Waals surface area contributed by atoms with Gasteiger partial charge < -0.3 is 29.2 Å². The second-order valence-electron chi connectivity index (χ2n) is 7.32. The molecule has 25 heavy (non-hydrogen) atoms. The SMILES string of the molecule is CCC1(CO)COCC(I)C2(CC(I)OC1)OCC(CC)(CO)CO2. The quantitative estimate of drug-likeness (QED) is 0.391. The molecule has 3 atom stereocenters. The third-order valence-corrected chi connectivity index (χ3v) is 7.69. The first-order chi connectivity index (χ1) is 11.9. The Bertz CT molecular complexity index is 404. The second-order valence-corrected chi connectivity index (χ2v) is 10.2. The zero-order valence-corrected chi connectivity index (χ0v) is 19.3. The van der Waals surface area contributed by atoms with Crippen LogP contribution in [-0.2, 0) is 18.9 Å². The Morgan fingerprint density at radius 3 is 2.00 bits per heavy atom. The minimum atomic E-state index is -0.772. The first-order valence-corrected chi connectivity index (χ1v) is 11.3. The fourth-order valence-electron chi connectivity index (χ4n) is 2.97. The van der Waals surface area contributed by atoms with Gasteiger partial charge in [0.1, 0.15) is 4.11 Å². The van der Waals surface area contributed by atoms with Crippen molar-refractivity contribution in [1.29, 1.82) is 0 Å². The maximum atomic E-state index is 9.79. The van der Waals surface area contributed by atoms with Crippen molar-refractivity contribution in [2.75, 3.05) is 46.2 Å². The lowest BCUT2D eigenvalue weighted by Gasteiger charge is -2.48. The first-order valence-electron chi connectivity index (χ1n) is 8.86. The minimum absolute atomic E-state index is 0.00846. The Kier molecular flexibility index (Phi) is 8.66. The molecule has 2 fully saturated rings. The lowest BCUT2D eigenvalue weighted by atomic mass is 9.86. The Morgan fingerprint density at radius 2 is 1.48 bits per heavy atom. The van der Waals surface area contributed by atoms with Gasteiger partial charge >= 0.3 is 0 Å². The van der Waals surface area contributed by atoms with Gasteiger partial charge in [-0.1, -0.05) is 59.0 Å². The van der Waals surface area contributed by atoms with Gasteiger partial charge in [-0.3, -0.25) is 0 Å². The third kappa shape index (κ3) is 5.18. The Balaban J connectivity index is 2.11. The maximum Gasteiger partial charge on any atom is 0.185 e. The third-order valence-electron chi connectivity index (χ3n) is 5.58. The van der Waals surface area contributed by atoms with Gasteiger partial charge in [0, 0.05) is 17.3 Å². The van der Waals surface area contributed by atoms with E-state index in [1.165, 1.54) is 0 Å². The van der Waals surface area contributed by atoms with E-state index in [1.54, 1.807) is 0 Å². The number of halogens is 2. The van der Waals surface area contributed by atoms with Crippen LogP contribution in [0, 0.1) is 10.8 Å². The van der Waals surface area contributed by atoms with E-state index in [0.29, 0.717) is 39.5 Å². The minimum Gasteiger partial charge on any atom is -0.396 e. The van der Waals surface area contributed by atoms with Crippen molar-refractivity contribution in [2.24, 2.45) is 10.8 Å². The standard InChI is InChI=1S/C17H30I2O6/c1-3-15(7-20)9-22-6-13(18)17(5-14(19)23-10-15)24-11-16(4-2,8-21)12-25-17/h13-14,20-21H,3-12H2,1-2H3.